The number of anilines is 1. The minimum atomic E-state index is -3.27. The van der Waals surface area contributed by atoms with Gasteiger partial charge in [0.15, 0.2) is 0 Å². The van der Waals surface area contributed by atoms with Gasteiger partial charge in [-0.2, -0.15) is 0 Å². The van der Waals surface area contributed by atoms with Crippen LogP contribution in [-0.2, 0) is 10.0 Å². The van der Waals surface area contributed by atoms with Crippen molar-refractivity contribution in [2.24, 2.45) is 0 Å². The van der Waals surface area contributed by atoms with Crippen molar-refractivity contribution in [3.05, 3.63) is 24.3 Å². The molecule has 1 fully saturated rings. The Labute approximate surface area is 124 Å². The lowest BCUT2D eigenvalue weighted by Crippen LogP contribution is -2.48. The average molecular weight is 313 g/mol. The molecule has 7 nitrogen and oxygen atoms in total. The van der Waals surface area contributed by atoms with Crippen LogP contribution in [0.4, 0.5) is 10.5 Å². The highest BCUT2D eigenvalue weighted by molar-refractivity contribution is 7.92. The number of hydrogen-bond donors (Lipinski definition) is 2. The number of sulfonamides is 1. The molecule has 2 N–H and O–H groups in total. The Morgan fingerprint density at radius 3 is 2.48 bits per heavy atom. The lowest BCUT2D eigenvalue weighted by atomic mass is 10.2. The van der Waals surface area contributed by atoms with E-state index >= 15 is 0 Å². The molecule has 0 saturated carbocycles. The van der Waals surface area contributed by atoms with Crippen molar-refractivity contribution >= 4 is 21.7 Å². The highest BCUT2D eigenvalue weighted by Gasteiger charge is 2.19. The maximum absolute atomic E-state index is 11.5. The fraction of sp³-hybridized carbons (Fsp3) is 0.462. The second-order valence-electron chi connectivity index (χ2n) is 4.82. The molecule has 0 spiro atoms. The first-order valence-corrected chi connectivity index (χ1v) is 8.57. The minimum Gasteiger partial charge on any atom is -0.492 e. The van der Waals surface area contributed by atoms with Crippen LogP contribution in [0.2, 0.25) is 0 Å². The van der Waals surface area contributed by atoms with Crippen molar-refractivity contribution in [3.63, 3.8) is 0 Å². The third-order valence-electron chi connectivity index (χ3n) is 2.95. The Morgan fingerprint density at radius 2 is 1.95 bits per heavy atom. The normalized spacial score (nSPS) is 14.2. The number of carbonyl (C=O) groups excluding carboxylic acids is 1. The van der Waals surface area contributed by atoms with Crippen molar-refractivity contribution in [3.8, 4) is 5.75 Å². The number of hydrogen-bond acceptors (Lipinski definition) is 4. The van der Waals surface area contributed by atoms with Crippen LogP contribution in [0, 0.1) is 0 Å². The summed E-state index contributed by atoms with van der Waals surface area (Å²) < 4.78 is 29.9. The number of ether oxygens (including phenoxy) is 1. The summed E-state index contributed by atoms with van der Waals surface area (Å²) in [6.45, 7) is 2.43. The monoisotopic (exact) mass is 313 g/mol. The summed E-state index contributed by atoms with van der Waals surface area (Å²) in [7, 11) is -3.27. The van der Waals surface area contributed by atoms with Crippen LogP contribution in [0.15, 0.2) is 24.3 Å². The summed E-state index contributed by atoms with van der Waals surface area (Å²) in [4.78, 5) is 13.2. The SMILES string of the molecule is CS(=O)(=O)Nc1ccc(OCCNC(=O)N2CCC2)cc1. The highest BCUT2D eigenvalue weighted by atomic mass is 32.2. The third kappa shape index (κ3) is 5.14. The maximum atomic E-state index is 11.5. The second kappa shape index (κ2) is 6.66. The Hall–Kier alpha value is -1.96. The zero-order valence-corrected chi connectivity index (χ0v) is 12.6. The van der Waals surface area contributed by atoms with Crippen LogP contribution in [0.5, 0.6) is 5.75 Å². The van der Waals surface area contributed by atoms with Crippen LogP contribution in [0.1, 0.15) is 6.42 Å². The molecule has 0 aliphatic carbocycles. The van der Waals surface area contributed by atoms with Gasteiger partial charge in [0.25, 0.3) is 0 Å². The standard InChI is InChI=1S/C13H19N3O4S/c1-21(18,19)15-11-3-5-12(6-4-11)20-10-7-14-13(17)16-8-2-9-16/h3-6,15H,2,7-10H2,1H3,(H,14,17). The molecule has 0 radical (unpaired) electrons. The number of urea groups is 1. The van der Waals surface area contributed by atoms with Gasteiger partial charge in [-0.15, -0.1) is 0 Å². The Kier molecular flexibility index (Phi) is 4.89. The van der Waals surface area contributed by atoms with E-state index < -0.39 is 10.0 Å². The Bertz CT molecular complexity index is 582. The molecule has 0 bridgehead atoms. The number of benzene rings is 1. The van der Waals surface area contributed by atoms with Crippen LogP contribution >= 0.6 is 0 Å². The van der Waals surface area contributed by atoms with Gasteiger partial charge in [-0.3, -0.25) is 4.72 Å². The van der Waals surface area contributed by atoms with Crippen LogP contribution < -0.4 is 14.8 Å². The molecule has 21 heavy (non-hydrogen) atoms. The number of likely N-dealkylation sites (tertiary alicyclic amines) is 1. The molecule has 2 amide bonds. The van der Waals surface area contributed by atoms with E-state index in [1.54, 1.807) is 29.2 Å². The summed E-state index contributed by atoms with van der Waals surface area (Å²) >= 11 is 0. The predicted octanol–water partition coefficient (Wildman–Crippen LogP) is 0.852. The summed E-state index contributed by atoms with van der Waals surface area (Å²) in [5, 5.41) is 2.77. The van der Waals surface area contributed by atoms with Gasteiger partial charge >= 0.3 is 6.03 Å². The van der Waals surface area contributed by atoms with Crippen LogP contribution in [0.25, 0.3) is 0 Å². The quantitative estimate of drug-likeness (QED) is 0.762. The Morgan fingerprint density at radius 1 is 1.29 bits per heavy atom. The molecule has 2 rings (SSSR count). The first-order chi connectivity index (χ1) is 9.94. The molecule has 1 aliphatic rings. The van der Waals surface area contributed by atoms with Crippen LogP contribution in [-0.4, -0.2) is 51.8 Å². The number of nitrogens with one attached hydrogen (secondary N) is 2. The molecule has 1 saturated heterocycles. The number of amides is 2. The molecular weight excluding hydrogens is 294 g/mol. The maximum Gasteiger partial charge on any atom is 0.317 e. The van der Waals surface area contributed by atoms with E-state index in [-0.39, 0.29) is 6.03 Å². The van der Waals surface area contributed by atoms with Crippen molar-refractivity contribution in [2.75, 3.05) is 37.2 Å². The van der Waals surface area contributed by atoms with Gasteiger partial charge < -0.3 is 15.0 Å². The van der Waals surface area contributed by atoms with E-state index in [1.807, 2.05) is 0 Å². The largest absolute Gasteiger partial charge is 0.492 e. The van der Waals surface area contributed by atoms with E-state index in [2.05, 4.69) is 10.0 Å². The average Bonchev–Trinajstić information content (AvgIpc) is 2.32. The zero-order chi connectivity index (χ0) is 15.3. The molecule has 1 aliphatic heterocycles. The van der Waals surface area contributed by atoms with Crippen LogP contribution in [0.3, 0.4) is 0 Å². The molecule has 0 atom stereocenters. The van der Waals surface area contributed by atoms with E-state index in [0.29, 0.717) is 24.6 Å². The van der Waals surface area contributed by atoms with Gasteiger partial charge in [-0.25, -0.2) is 13.2 Å². The number of carbonyl (C=O) groups is 1. The minimum absolute atomic E-state index is 0.0578. The molecule has 1 heterocycles. The van der Waals surface area contributed by atoms with E-state index in [4.69, 9.17) is 4.74 Å². The van der Waals surface area contributed by atoms with Crippen molar-refractivity contribution in [1.82, 2.24) is 10.2 Å². The fourth-order valence-corrected chi connectivity index (χ4v) is 2.36. The van der Waals surface area contributed by atoms with Crippen molar-refractivity contribution in [1.29, 1.82) is 0 Å². The molecule has 0 unspecified atom stereocenters. The van der Waals surface area contributed by atoms with Gasteiger partial charge in [0, 0.05) is 18.8 Å². The lowest BCUT2D eigenvalue weighted by molar-refractivity contribution is 0.165. The van der Waals surface area contributed by atoms with Gasteiger partial charge in [0.05, 0.1) is 12.8 Å². The summed E-state index contributed by atoms with van der Waals surface area (Å²) in [5.74, 6) is 0.618. The smallest absolute Gasteiger partial charge is 0.317 e. The zero-order valence-electron chi connectivity index (χ0n) is 11.8. The summed E-state index contributed by atoms with van der Waals surface area (Å²) in [6.07, 6.45) is 2.16. The molecule has 0 aromatic heterocycles. The number of rotatable bonds is 6. The van der Waals surface area contributed by atoms with Gasteiger partial charge in [0.2, 0.25) is 10.0 Å². The van der Waals surface area contributed by atoms with Gasteiger partial charge in [-0.05, 0) is 30.7 Å². The van der Waals surface area contributed by atoms with E-state index in [1.165, 1.54) is 0 Å². The first kappa shape index (κ1) is 15.4. The summed E-state index contributed by atoms with van der Waals surface area (Å²) in [6, 6.07) is 6.53. The number of nitrogens with zero attached hydrogens (tertiary/aromatic N) is 1. The predicted molar refractivity (Wildman–Crippen MR) is 80.0 cm³/mol. The topological polar surface area (TPSA) is 87.7 Å². The Balaban J connectivity index is 1.69. The van der Waals surface area contributed by atoms with Crippen molar-refractivity contribution in [2.45, 2.75) is 6.42 Å². The molecule has 8 heteroatoms. The highest BCUT2D eigenvalue weighted by Crippen LogP contribution is 2.16. The van der Waals surface area contributed by atoms with Gasteiger partial charge in [-0.1, -0.05) is 0 Å². The van der Waals surface area contributed by atoms with Crippen molar-refractivity contribution < 1.29 is 17.9 Å². The second-order valence-corrected chi connectivity index (χ2v) is 6.57. The summed E-state index contributed by atoms with van der Waals surface area (Å²) in [5.41, 5.74) is 0.482. The molecule has 1 aromatic carbocycles. The van der Waals surface area contributed by atoms with Gasteiger partial charge in [0.1, 0.15) is 12.4 Å². The lowest BCUT2D eigenvalue weighted by Gasteiger charge is -2.30. The first-order valence-electron chi connectivity index (χ1n) is 6.67. The fourth-order valence-electron chi connectivity index (χ4n) is 1.79. The molecule has 116 valence electrons. The third-order valence-corrected chi connectivity index (χ3v) is 3.55. The van der Waals surface area contributed by atoms with E-state index in [0.717, 1.165) is 25.8 Å². The molecule has 1 aromatic rings. The molecular formula is C13H19N3O4S. The van der Waals surface area contributed by atoms with E-state index in [9.17, 15) is 13.2 Å².